The zero-order valence-electron chi connectivity index (χ0n) is 19.7. The maximum atomic E-state index is 13.0. The Morgan fingerprint density at radius 1 is 1.09 bits per heavy atom. The highest BCUT2D eigenvalue weighted by molar-refractivity contribution is 5.95. The van der Waals surface area contributed by atoms with Gasteiger partial charge >= 0.3 is 0 Å². The van der Waals surface area contributed by atoms with Crippen LogP contribution in [-0.2, 0) is 18.3 Å². The lowest BCUT2D eigenvalue weighted by atomic mass is 9.60. The van der Waals surface area contributed by atoms with Crippen LogP contribution in [0.4, 0.5) is 0 Å². The summed E-state index contributed by atoms with van der Waals surface area (Å²) in [6, 6.07) is 8.06. The highest BCUT2D eigenvalue weighted by Crippen LogP contribution is 2.54. The van der Waals surface area contributed by atoms with E-state index in [1.54, 1.807) is 0 Å². The fraction of sp³-hybridized carbons (Fsp3) is 0.538. The lowest BCUT2D eigenvalue weighted by Crippen LogP contribution is -2.63. The van der Waals surface area contributed by atoms with E-state index in [1.165, 1.54) is 36.9 Å². The second-order valence-corrected chi connectivity index (χ2v) is 11.2. The van der Waals surface area contributed by atoms with Crippen molar-refractivity contribution < 1.29 is 9.32 Å². The van der Waals surface area contributed by atoms with E-state index in [4.69, 9.17) is 9.62 Å². The van der Waals surface area contributed by atoms with E-state index in [-0.39, 0.29) is 11.3 Å². The van der Waals surface area contributed by atoms with E-state index < -0.39 is 0 Å². The van der Waals surface area contributed by atoms with E-state index in [0.717, 1.165) is 31.5 Å². The van der Waals surface area contributed by atoms with Crippen LogP contribution >= 0.6 is 0 Å². The molecule has 0 radical (unpaired) electrons. The van der Waals surface area contributed by atoms with Gasteiger partial charge in [-0.3, -0.25) is 9.48 Å². The Bertz CT molecular complexity index is 1190. The van der Waals surface area contributed by atoms with Crippen molar-refractivity contribution in [3.8, 4) is 11.4 Å². The number of benzene rings is 1. The minimum Gasteiger partial charge on any atom is -0.338 e. The van der Waals surface area contributed by atoms with Crippen molar-refractivity contribution in [2.24, 2.45) is 5.41 Å². The first-order valence-electron chi connectivity index (χ1n) is 12.1. The highest BCUT2D eigenvalue weighted by Gasteiger charge is 2.54. The van der Waals surface area contributed by atoms with Gasteiger partial charge in [-0.15, -0.1) is 0 Å². The Hall–Kier alpha value is -2.96. The molecular weight excluding hydrogens is 414 g/mol. The van der Waals surface area contributed by atoms with Gasteiger partial charge in [0.2, 0.25) is 11.7 Å². The first-order chi connectivity index (χ1) is 15.8. The number of likely N-dealkylation sites (tertiary alicyclic amines) is 1. The number of aromatic nitrogens is 4. The number of aryl methyl sites for hydroxylation is 1. The van der Waals surface area contributed by atoms with Gasteiger partial charge in [-0.05, 0) is 56.2 Å². The van der Waals surface area contributed by atoms with Crippen LogP contribution in [-0.4, -0.2) is 43.8 Å². The smallest absolute Gasteiger partial charge is 0.253 e. The van der Waals surface area contributed by atoms with Crippen LogP contribution in [0.1, 0.15) is 80.0 Å². The minimum absolute atomic E-state index is 0.107. The molecule has 3 aromatic rings. The summed E-state index contributed by atoms with van der Waals surface area (Å²) in [5.41, 5.74) is 4.59. The van der Waals surface area contributed by atoms with Gasteiger partial charge in [0.15, 0.2) is 0 Å². The zero-order chi connectivity index (χ0) is 22.8. The van der Waals surface area contributed by atoms with Gasteiger partial charge in [-0.25, -0.2) is 0 Å². The van der Waals surface area contributed by atoms with Crippen LogP contribution in [0.3, 0.4) is 0 Å². The van der Waals surface area contributed by atoms with Crippen LogP contribution < -0.4 is 0 Å². The summed E-state index contributed by atoms with van der Waals surface area (Å²) in [6.07, 6.45) is 9.27. The van der Waals surface area contributed by atoms with Gasteiger partial charge in [0.05, 0.1) is 12.2 Å². The fourth-order valence-corrected chi connectivity index (χ4v) is 5.70. The average molecular weight is 446 g/mol. The molecule has 1 saturated carbocycles. The summed E-state index contributed by atoms with van der Waals surface area (Å²) in [5.74, 6) is 1.27. The summed E-state index contributed by atoms with van der Waals surface area (Å²) in [4.78, 5) is 19.5. The van der Waals surface area contributed by atoms with Crippen molar-refractivity contribution in [1.29, 1.82) is 0 Å². The lowest BCUT2D eigenvalue weighted by molar-refractivity contribution is -0.0744. The molecule has 2 aromatic heterocycles. The van der Waals surface area contributed by atoms with Gasteiger partial charge < -0.3 is 9.42 Å². The molecule has 1 aromatic carbocycles. The summed E-state index contributed by atoms with van der Waals surface area (Å²) < 4.78 is 7.69. The predicted molar refractivity (Wildman–Crippen MR) is 124 cm³/mol. The monoisotopic (exact) mass is 445 g/mol. The molecule has 33 heavy (non-hydrogen) atoms. The largest absolute Gasteiger partial charge is 0.338 e. The molecule has 3 heterocycles. The first-order valence-corrected chi connectivity index (χ1v) is 12.1. The lowest BCUT2D eigenvalue weighted by Gasteiger charge is -2.59. The molecule has 7 nitrogen and oxygen atoms in total. The summed E-state index contributed by atoms with van der Waals surface area (Å²) in [6.45, 7) is 7.83. The highest BCUT2D eigenvalue weighted by atomic mass is 16.5. The van der Waals surface area contributed by atoms with Crippen LogP contribution in [0.2, 0.25) is 0 Å². The Balaban J connectivity index is 1.07. The van der Waals surface area contributed by atoms with E-state index >= 15 is 0 Å². The molecular formula is C26H31N5O2. The van der Waals surface area contributed by atoms with Crippen LogP contribution in [0, 0.1) is 5.41 Å². The number of carbonyl (C=O) groups is 1. The third kappa shape index (κ3) is 3.49. The number of amides is 1. The second kappa shape index (κ2) is 7.27. The van der Waals surface area contributed by atoms with Gasteiger partial charge in [0.25, 0.3) is 5.91 Å². The first kappa shape index (κ1) is 20.6. The standard InChI is InChI=1S/C26H31N5O2/c1-25(2,3)24-28-22(29-33-24)17-8-10-18(11-9-17)23(32)30-15-26(16-30)12-20(13-26)31-21-7-5-4-6-19(21)14-27-31/h8-11,14,20H,4-7,12-13,15-16H2,1-3H3. The number of rotatable bonds is 3. The van der Waals surface area contributed by atoms with Gasteiger partial charge in [0.1, 0.15) is 0 Å². The molecule has 0 N–H and O–H groups in total. The molecule has 3 aliphatic rings. The molecule has 0 bridgehead atoms. The Morgan fingerprint density at radius 2 is 1.82 bits per heavy atom. The average Bonchev–Trinajstić information content (AvgIpc) is 3.40. The molecule has 0 atom stereocenters. The molecule has 1 aliphatic heterocycles. The number of hydrogen-bond acceptors (Lipinski definition) is 5. The molecule has 1 spiro atoms. The molecule has 2 aliphatic carbocycles. The number of fused-ring (bicyclic) bond motifs is 1. The van der Waals surface area contributed by atoms with Gasteiger partial charge in [-0.2, -0.15) is 10.1 Å². The Morgan fingerprint density at radius 3 is 2.52 bits per heavy atom. The number of hydrogen-bond donors (Lipinski definition) is 0. The van der Waals surface area contributed by atoms with Crippen LogP contribution in [0.5, 0.6) is 0 Å². The molecule has 6 rings (SSSR count). The van der Waals surface area contributed by atoms with Gasteiger partial charge in [-0.1, -0.05) is 38.1 Å². The molecule has 2 fully saturated rings. The number of nitrogens with zero attached hydrogens (tertiary/aromatic N) is 5. The number of carbonyl (C=O) groups excluding carboxylic acids is 1. The molecule has 1 amide bonds. The van der Waals surface area contributed by atoms with Crippen LogP contribution in [0.25, 0.3) is 11.4 Å². The topological polar surface area (TPSA) is 77.1 Å². The quantitative estimate of drug-likeness (QED) is 0.589. The summed E-state index contributed by atoms with van der Waals surface area (Å²) in [5, 5.41) is 8.81. The Labute approximate surface area is 194 Å². The normalized spacial score (nSPS) is 19.8. The third-order valence-electron chi connectivity index (χ3n) is 7.58. The van der Waals surface area contributed by atoms with Crippen molar-refractivity contribution in [3.05, 3.63) is 53.2 Å². The second-order valence-electron chi connectivity index (χ2n) is 11.2. The third-order valence-corrected chi connectivity index (χ3v) is 7.58. The SMILES string of the molecule is CC(C)(C)c1nc(-c2ccc(C(=O)N3CC4(CC(n5ncc6c5CCCC6)C4)C3)cc2)no1. The van der Waals surface area contributed by atoms with E-state index in [9.17, 15) is 4.79 Å². The van der Waals surface area contributed by atoms with E-state index in [2.05, 4.69) is 21.0 Å². The predicted octanol–water partition coefficient (Wildman–Crippen LogP) is 4.59. The van der Waals surface area contributed by atoms with Crippen molar-refractivity contribution in [3.63, 3.8) is 0 Å². The van der Waals surface area contributed by atoms with Gasteiger partial charge in [0, 0.05) is 40.7 Å². The van der Waals surface area contributed by atoms with Crippen molar-refractivity contribution in [2.45, 2.75) is 70.8 Å². The molecule has 7 heteroatoms. The minimum atomic E-state index is -0.189. The maximum absolute atomic E-state index is 13.0. The van der Waals surface area contributed by atoms with Crippen LogP contribution in [0.15, 0.2) is 35.0 Å². The van der Waals surface area contributed by atoms with E-state index in [1.807, 2.05) is 49.9 Å². The zero-order valence-corrected chi connectivity index (χ0v) is 19.7. The maximum Gasteiger partial charge on any atom is 0.253 e. The molecule has 0 unspecified atom stereocenters. The Kier molecular flexibility index (Phi) is 4.55. The molecule has 1 saturated heterocycles. The van der Waals surface area contributed by atoms with Crippen molar-refractivity contribution in [2.75, 3.05) is 13.1 Å². The van der Waals surface area contributed by atoms with E-state index in [0.29, 0.717) is 28.7 Å². The summed E-state index contributed by atoms with van der Waals surface area (Å²) in [7, 11) is 0. The van der Waals surface area contributed by atoms with Crippen molar-refractivity contribution >= 4 is 5.91 Å². The molecule has 172 valence electrons. The summed E-state index contributed by atoms with van der Waals surface area (Å²) >= 11 is 0. The fourth-order valence-electron chi connectivity index (χ4n) is 5.70. The van der Waals surface area contributed by atoms with Crippen molar-refractivity contribution in [1.82, 2.24) is 24.8 Å².